The first kappa shape index (κ1) is 10.1. The normalized spacial score (nSPS) is 20.5. The highest BCUT2D eigenvalue weighted by Crippen LogP contribution is 2.40. The third-order valence-corrected chi connectivity index (χ3v) is 3.22. The van der Waals surface area contributed by atoms with Crippen LogP contribution >= 0.6 is 15.9 Å². The van der Waals surface area contributed by atoms with Gasteiger partial charge in [0.1, 0.15) is 0 Å². The zero-order valence-electron chi connectivity index (χ0n) is 7.91. The molecule has 3 N–H and O–H groups in total. The van der Waals surface area contributed by atoms with Crippen molar-refractivity contribution in [3.8, 4) is 0 Å². The van der Waals surface area contributed by atoms with E-state index in [4.69, 9.17) is 5.73 Å². The fourth-order valence-corrected chi connectivity index (χ4v) is 2.00. The predicted octanol–water partition coefficient (Wildman–Crippen LogP) is 2.36. The Labute approximate surface area is 92.3 Å². The summed E-state index contributed by atoms with van der Waals surface area (Å²) in [4.78, 5) is 0. The van der Waals surface area contributed by atoms with Gasteiger partial charge in [0.05, 0.1) is 6.10 Å². The van der Waals surface area contributed by atoms with Gasteiger partial charge in [0, 0.05) is 10.0 Å². The third-order valence-electron chi connectivity index (χ3n) is 2.73. The zero-order valence-corrected chi connectivity index (χ0v) is 9.50. The van der Waals surface area contributed by atoms with Crippen molar-refractivity contribution >= 4 is 15.9 Å². The van der Waals surface area contributed by atoms with E-state index in [9.17, 15) is 5.11 Å². The summed E-state index contributed by atoms with van der Waals surface area (Å²) in [6.45, 7) is 0. The van der Waals surface area contributed by atoms with E-state index in [1.54, 1.807) is 0 Å². The van der Waals surface area contributed by atoms with Crippen LogP contribution in [0.15, 0.2) is 28.7 Å². The monoisotopic (exact) mass is 255 g/mol. The van der Waals surface area contributed by atoms with Crippen LogP contribution < -0.4 is 5.73 Å². The number of hydrogen-bond donors (Lipinski definition) is 2. The SMILES string of the molecule is NC1(CC(O)c2cccc(Br)c2)CC1. The summed E-state index contributed by atoms with van der Waals surface area (Å²) in [7, 11) is 0. The van der Waals surface area contributed by atoms with Gasteiger partial charge in [-0.3, -0.25) is 0 Å². The van der Waals surface area contributed by atoms with Crippen LogP contribution in [0.4, 0.5) is 0 Å². The molecule has 0 saturated heterocycles. The van der Waals surface area contributed by atoms with Gasteiger partial charge < -0.3 is 10.8 Å². The quantitative estimate of drug-likeness (QED) is 0.872. The topological polar surface area (TPSA) is 46.2 Å². The fourth-order valence-electron chi connectivity index (χ4n) is 1.58. The number of benzene rings is 1. The molecule has 1 aliphatic carbocycles. The van der Waals surface area contributed by atoms with Gasteiger partial charge in [-0.05, 0) is 37.0 Å². The molecule has 14 heavy (non-hydrogen) atoms. The van der Waals surface area contributed by atoms with E-state index in [2.05, 4.69) is 15.9 Å². The van der Waals surface area contributed by atoms with E-state index in [-0.39, 0.29) is 5.54 Å². The van der Waals surface area contributed by atoms with Gasteiger partial charge in [-0.15, -0.1) is 0 Å². The van der Waals surface area contributed by atoms with Gasteiger partial charge >= 0.3 is 0 Å². The Kier molecular flexibility index (Phi) is 2.64. The largest absolute Gasteiger partial charge is 0.388 e. The van der Waals surface area contributed by atoms with Crippen LogP contribution in [0, 0.1) is 0 Å². The van der Waals surface area contributed by atoms with Gasteiger partial charge in [-0.25, -0.2) is 0 Å². The van der Waals surface area contributed by atoms with Crippen LogP contribution in [-0.4, -0.2) is 10.6 Å². The molecule has 0 radical (unpaired) electrons. The number of aliphatic hydroxyl groups is 1. The van der Waals surface area contributed by atoms with Gasteiger partial charge in [-0.1, -0.05) is 28.1 Å². The molecule has 1 atom stereocenters. The number of aliphatic hydroxyl groups excluding tert-OH is 1. The van der Waals surface area contributed by atoms with Crippen molar-refractivity contribution < 1.29 is 5.11 Å². The Balaban J connectivity index is 2.06. The summed E-state index contributed by atoms with van der Waals surface area (Å²) in [6, 6.07) is 7.75. The lowest BCUT2D eigenvalue weighted by atomic mass is 10.0. The van der Waals surface area contributed by atoms with E-state index in [0.717, 1.165) is 22.9 Å². The maximum Gasteiger partial charge on any atom is 0.0807 e. The standard InChI is InChI=1S/C11H14BrNO/c12-9-3-1-2-8(6-9)10(14)7-11(13)4-5-11/h1-3,6,10,14H,4-5,7,13H2. The van der Waals surface area contributed by atoms with Crippen LogP contribution in [0.3, 0.4) is 0 Å². The molecule has 0 aromatic heterocycles. The molecule has 2 rings (SSSR count). The molecule has 1 aromatic rings. The minimum Gasteiger partial charge on any atom is -0.388 e. The van der Waals surface area contributed by atoms with Crippen molar-refractivity contribution in [2.45, 2.75) is 30.9 Å². The molecular weight excluding hydrogens is 242 g/mol. The highest BCUT2D eigenvalue weighted by Gasteiger charge is 2.39. The van der Waals surface area contributed by atoms with Crippen molar-refractivity contribution in [1.82, 2.24) is 0 Å². The van der Waals surface area contributed by atoms with Crippen LogP contribution in [0.2, 0.25) is 0 Å². The average molecular weight is 256 g/mol. The van der Waals surface area contributed by atoms with E-state index in [0.29, 0.717) is 6.42 Å². The lowest BCUT2D eigenvalue weighted by molar-refractivity contribution is 0.154. The molecule has 76 valence electrons. The maximum absolute atomic E-state index is 9.92. The smallest absolute Gasteiger partial charge is 0.0807 e. The molecule has 3 heteroatoms. The molecule has 0 bridgehead atoms. The number of hydrogen-bond acceptors (Lipinski definition) is 2. The Morgan fingerprint density at radius 2 is 2.21 bits per heavy atom. The van der Waals surface area contributed by atoms with E-state index >= 15 is 0 Å². The minimum atomic E-state index is -0.431. The maximum atomic E-state index is 9.92. The molecule has 1 saturated carbocycles. The minimum absolute atomic E-state index is 0.0955. The highest BCUT2D eigenvalue weighted by molar-refractivity contribution is 9.10. The lowest BCUT2D eigenvalue weighted by Crippen LogP contribution is -2.24. The Hall–Kier alpha value is -0.380. The van der Waals surface area contributed by atoms with Crippen LogP contribution in [0.1, 0.15) is 30.9 Å². The second-order valence-electron chi connectivity index (χ2n) is 4.14. The molecule has 2 nitrogen and oxygen atoms in total. The molecule has 0 amide bonds. The number of rotatable bonds is 3. The highest BCUT2D eigenvalue weighted by atomic mass is 79.9. The van der Waals surface area contributed by atoms with Gasteiger partial charge in [-0.2, -0.15) is 0 Å². The summed E-state index contributed by atoms with van der Waals surface area (Å²) in [6.07, 6.45) is 2.32. The van der Waals surface area contributed by atoms with Crippen molar-refractivity contribution in [3.05, 3.63) is 34.3 Å². The van der Waals surface area contributed by atoms with Crippen LogP contribution in [0.5, 0.6) is 0 Å². The average Bonchev–Trinajstić information content (AvgIpc) is 2.83. The predicted molar refractivity (Wildman–Crippen MR) is 59.9 cm³/mol. The van der Waals surface area contributed by atoms with Crippen LogP contribution in [-0.2, 0) is 0 Å². The van der Waals surface area contributed by atoms with Crippen LogP contribution in [0.25, 0.3) is 0 Å². The van der Waals surface area contributed by atoms with E-state index in [1.165, 1.54) is 0 Å². The number of nitrogens with two attached hydrogens (primary N) is 1. The molecule has 1 fully saturated rings. The van der Waals surface area contributed by atoms with Gasteiger partial charge in [0.25, 0.3) is 0 Å². The van der Waals surface area contributed by atoms with E-state index < -0.39 is 6.10 Å². The second-order valence-corrected chi connectivity index (χ2v) is 5.05. The molecule has 0 aliphatic heterocycles. The zero-order chi connectivity index (χ0) is 10.2. The first-order chi connectivity index (χ1) is 6.59. The molecule has 0 spiro atoms. The molecule has 1 aliphatic rings. The second kappa shape index (κ2) is 3.65. The van der Waals surface area contributed by atoms with Crippen molar-refractivity contribution in [2.24, 2.45) is 5.73 Å². The third kappa shape index (κ3) is 2.35. The summed E-state index contributed by atoms with van der Waals surface area (Å²) in [5.74, 6) is 0. The van der Waals surface area contributed by atoms with Gasteiger partial charge in [0.15, 0.2) is 0 Å². The van der Waals surface area contributed by atoms with Crippen molar-refractivity contribution in [1.29, 1.82) is 0 Å². The first-order valence-electron chi connectivity index (χ1n) is 4.81. The van der Waals surface area contributed by atoms with E-state index in [1.807, 2.05) is 24.3 Å². The summed E-state index contributed by atoms with van der Waals surface area (Å²) < 4.78 is 0.996. The van der Waals surface area contributed by atoms with Crippen molar-refractivity contribution in [2.75, 3.05) is 0 Å². The molecule has 0 heterocycles. The van der Waals surface area contributed by atoms with Gasteiger partial charge in [0.2, 0.25) is 0 Å². The summed E-state index contributed by atoms with van der Waals surface area (Å²) in [5.41, 5.74) is 6.80. The molecule has 1 unspecified atom stereocenters. The summed E-state index contributed by atoms with van der Waals surface area (Å²) in [5, 5.41) is 9.92. The number of halogens is 1. The first-order valence-corrected chi connectivity index (χ1v) is 5.61. The Bertz CT molecular complexity index is 336. The Morgan fingerprint density at radius 1 is 1.50 bits per heavy atom. The summed E-state index contributed by atoms with van der Waals surface area (Å²) >= 11 is 3.38. The molecular formula is C11H14BrNO. The lowest BCUT2D eigenvalue weighted by Gasteiger charge is -2.15. The van der Waals surface area contributed by atoms with Crippen molar-refractivity contribution in [3.63, 3.8) is 0 Å². The fraction of sp³-hybridized carbons (Fsp3) is 0.455. The Morgan fingerprint density at radius 3 is 2.79 bits per heavy atom. The molecule has 1 aromatic carbocycles.